The van der Waals surface area contributed by atoms with Crippen LogP contribution in [-0.2, 0) is 13.1 Å². The first-order valence-electron chi connectivity index (χ1n) is 7.99. The van der Waals surface area contributed by atoms with E-state index in [0.29, 0.717) is 12.5 Å². The van der Waals surface area contributed by atoms with E-state index in [1.165, 1.54) is 36.2 Å². The molecule has 4 rings (SSSR count). The van der Waals surface area contributed by atoms with Crippen LogP contribution in [0.4, 0.5) is 0 Å². The van der Waals surface area contributed by atoms with Gasteiger partial charge >= 0.3 is 0 Å². The molecule has 3 heteroatoms. The maximum atomic E-state index is 5.76. The van der Waals surface area contributed by atoms with Crippen LogP contribution in [-0.4, -0.2) is 9.55 Å². The topological polar surface area (TPSA) is 43.8 Å². The fourth-order valence-corrected chi connectivity index (χ4v) is 4.02. The Morgan fingerprint density at radius 2 is 2.05 bits per heavy atom. The van der Waals surface area contributed by atoms with E-state index in [4.69, 9.17) is 10.7 Å². The van der Waals surface area contributed by atoms with Gasteiger partial charge in [0.1, 0.15) is 5.82 Å². The van der Waals surface area contributed by atoms with Crippen molar-refractivity contribution in [2.75, 3.05) is 0 Å². The molecule has 2 aromatic rings. The quantitative estimate of drug-likeness (QED) is 0.924. The number of hydrogen-bond donors (Lipinski definition) is 1. The predicted molar refractivity (Wildman–Crippen MR) is 81.5 cm³/mol. The number of benzene rings is 1. The maximum absolute atomic E-state index is 5.76. The Morgan fingerprint density at radius 3 is 2.75 bits per heavy atom. The standard InChI is InChI=1S/C17H23N3/c1-2-5-20-16-4-3-11(10-18)6-15(16)19-17(20)14-8-12-7-13(12)9-14/h3-4,6,12-14H,2,5,7-10,18H2,1H3. The molecule has 2 fully saturated rings. The summed E-state index contributed by atoms with van der Waals surface area (Å²) < 4.78 is 2.46. The summed E-state index contributed by atoms with van der Waals surface area (Å²) in [5, 5.41) is 0. The molecule has 0 amide bonds. The Balaban J connectivity index is 1.79. The van der Waals surface area contributed by atoms with Gasteiger partial charge in [-0.15, -0.1) is 0 Å². The Morgan fingerprint density at radius 1 is 1.25 bits per heavy atom. The average Bonchev–Trinajstić information content (AvgIpc) is 2.93. The minimum Gasteiger partial charge on any atom is -0.328 e. The highest BCUT2D eigenvalue weighted by atomic mass is 15.1. The van der Waals surface area contributed by atoms with Crippen molar-refractivity contribution in [1.82, 2.24) is 9.55 Å². The van der Waals surface area contributed by atoms with Gasteiger partial charge in [-0.05, 0) is 55.2 Å². The number of nitrogens with zero attached hydrogens (tertiary/aromatic N) is 2. The smallest absolute Gasteiger partial charge is 0.113 e. The first-order valence-corrected chi connectivity index (χ1v) is 7.99. The fraction of sp³-hybridized carbons (Fsp3) is 0.588. The zero-order valence-corrected chi connectivity index (χ0v) is 12.2. The Kier molecular flexibility index (Phi) is 2.84. The second-order valence-electron chi connectivity index (χ2n) is 6.57. The summed E-state index contributed by atoms with van der Waals surface area (Å²) in [4.78, 5) is 4.98. The van der Waals surface area contributed by atoms with Gasteiger partial charge in [-0.3, -0.25) is 0 Å². The largest absolute Gasteiger partial charge is 0.328 e. The number of rotatable bonds is 4. The van der Waals surface area contributed by atoms with E-state index in [2.05, 4.69) is 29.7 Å². The van der Waals surface area contributed by atoms with Crippen LogP contribution in [0.1, 0.15) is 49.9 Å². The second kappa shape index (κ2) is 4.59. The van der Waals surface area contributed by atoms with Crippen LogP contribution < -0.4 is 5.73 Å². The zero-order valence-electron chi connectivity index (χ0n) is 12.2. The average molecular weight is 269 g/mol. The molecule has 2 atom stereocenters. The molecule has 0 spiro atoms. The molecular weight excluding hydrogens is 246 g/mol. The molecule has 2 saturated carbocycles. The van der Waals surface area contributed by atoms with Gasteiger partial charge in [0.2, 0.25) is 0 Å². The summed E-state index contributed by atoms with van der Waals surface area (Å²) in [7, 11) is 0. The Hall–Kier alpha value is -1.35. The molecule has 2 N–H and O–H groups in total. The number of nitrogens with two attached hydrogens (primary N) is 1. The summed E-state index contributed by atoms with van der Waals surface area (Å²) in [5.74, 6) is 4.05. The van der Waals surface area contributed by atoms with Gasteiger partial charge in [-0.2, -0.15) is 0 Å². The van der Waals surface area contributed by atoms with Crippen LogP contribution in [0, 0.1) is 11.8 Å². The van der Waals surface area contributed by atoms with Crippen molar-refractivity contribution in [2.24, 2.45) is 17.6 Å². The second-order valence-corrected chi connectivity index (χ2v) is 6.57. The maximum Gasteiger partial charge on any atom is 0.113 e. The van der Waals surface area contributed by atoms with Crippen molar-refractivity contribution in [1.29, 1.82) is 0 Å². The highest BCUT2D eigenvalue weighted by molar-refractivity contribution is 5.77. The fourth-order valence-electron chi connectivity index (χ4n) is 4.02. The highest BCUT2D eigenvalue weighted by Gasteiger charge is 2.47. The van der Waals surface area contributed by atoms with Crippen LogP contribution in [0.5, 0.6) is 0 Å². The van der Waals surface area contributed by atoms with Gasteiger partial charge in [-0.25, -0.2) is 4.98 Å². The number of hydrogen-bond acceptors (Lipinski definition) is 2. The van der Waals surface area contributed by atoms with E-state index >= 15 is 0 Å². The minimum atomic E-state index is 0.597. The summed E-state index contributed by atoms with van der Waals surface area (Å²) >= 11 is 0. The lowest BCUT2D eigenvalue weighted by Gasteiger charge is -2.14. The molecule has 0 radical (unpaired) electrons. The normalized spacial score (nSPS) is 28.0. The van der Waals surface area contributed by atoms with Crippen molar-refractivity contribution >= 4 is 11.0 Å². The third-order valence-electron chi connectivity index (χ3n) is 5.13. The molecular formula is C17H23N3. The first kappa shape index (κ1) is 12.4. The number of fused-ring (bicyclic) bond motifs is 2. The van der Waals surface area contributed by atoms with Crippen LogP contribution in [0.3, 0.4) is 0 Å². The molecule has 0 saturated heterocycles. The lowest BCUT2D eigenvalue weighted by molar-refractivity contribution is 0.543. The van der Waals surface area contributed by atoms with Crippen molar-refractivity contribution in [3.05, 3.63) is 29.6 Å². The molecule has 20 heavy (non-hydrogen) atoms. The van der Waals surface area contributed by atoms with E-state index in [-0.39, 0.29) is 0 Å². The van der Waals surface area contributed by atoms with Gasteiger partial charge in [0.15, 0.2) is 0 Å². The number of aryl methyl sites for hydroxylation is 1. The van der Waals surface area contributed by atoms with E-state index in [0.717, 1.165) is 30.3 Å². The minimum absolute atomic E-state index is 0.597. The zero-order chi connectivity index (χ0) is 13.7. The number of imidazole rings is 1. The number of aromatic nitrogens is 2. The van der Waals surface area contributed by atoms with E-state index < -0.39 is 0 Å². The molecule has 2 unspecified atom stereocenters. The van der Waals surface area contributed by atoms with Gasteiger partial charge in [0.05, 0.1) is 11.0 Å². The molecule has 1 aromatic carbocycles. The summed E-state index contributed by atoms with van der Waals surface area (Å²) in [6.07, 6.45) is 5.36. The molecule has 3 nitrogen and oxygen atoms in total. The van der Waals surface area contributed by atoms with Crippen LogP contribution >= 0.6 is 0 Å². The summed E-state index contributed by atoms with van der Waals surface area (Å²) in [6.45, 7) is 3.93. The molecule has 1 aromatic heterocycles. The predicted octanol–water partition coefficient (Wildman–Crippen LogP) is 3.42. The Bertz CT molecular complexity index is 633. The van der Waals surface area contributed by atoms with Gasteiger partial charge in [-0.1, -0.05) is 13.0 Å². The molecule has 0 aliphatic heterocycles. The van der Waals surface area contributed by atoms with Gasteiger partial charge in [0.25, 0.3) is 0 Å². The van der Waals surface area contributed by atoms with Crippen molar-refractivity contribution in [3.63, 3.8) is 0 Å². The lowest BCUT2D eigenvalue weighted by Crippen LogP contribution is -2.08. The lowest BCUT2D eigenvalue weighted by atomic mass is 10.0. The molecule has 1 heterocycles. The van der Waals surface area contributed by atoms with Crippen molar-refractivity contribution in [3.8, 4) is 0 Å². The van der Waals surface area contributed by atoms with Crippen molar-refractivity contribution < 1.29 is 0 Å². The molecule has 0 bridgehead atoms. The van der Waals surface area contributed by atoms with Crippen molar-refractivity contribution in [2.45, 2.75) is 51.6 Å². The van der Waals surface area contributed by atoms with Crippen LogP contribution in [0.15, 0.2) is 18.2 Å². The SMILES string of the molecule is CCCn1c(C2CC3CC3C2)nc2cc(CN)ccc21. The summed E-state index contributed by atoms with van der Waals surface area (Å²) in [5.41, 5.74) is 9.36. The monoisotopic (exact) mass is 269 g/mol. The van der Waals surface area contributed by atoms with Crippen LogP contribution in [0.2, 0.25) is 0 Å². The van der Waals surface area contributed by atoms with Gasteiger partial charge < -0.3 is 10.3 Å². The molecule has 106 valence electrons. The molecule has 2 aliphatic rings. The van der Waals surface area contributed by atoms with E-state index in [1.54, 1.807) is 0 Å². The molecule has 2 aliphatic carbocycles. The van der Waals surface area contributed by atoms with E-state index in [9.17, 15) is 0 Å². The third-order valence-corrected chi connectivity index (χ3v) is 5.13. The summed E-state index contributed by atoms with van der Waals surface area (Å²) in [6, 6.07) is 6.52. The Labute approximate surface area is 120 Å². The first-order chi connectivity index (χ1) is 9.80. The van der Waals surface area contributed by atoms with Gasteiger partial charge in [0, 0.05) is 19.0 Å². The van der Waals surface area contributed by atoms with Crippen LogP contribution in [0.25, 0.3) is 11.0 Å². The highest BCUT2D eigenvalue weighted by Crippen LogP contribution is 2.57. The van der Waals surface area contributed by atoms with E-state index in [1.807, 2.05) is 0 Å². The third kappa shape index (κ3) is 1.87.